The first-order valence-electron chi connectivity index (χ1n) is 12.7. The molecule has 2 saturated carbocycles. The molecule has 6 rings (SSSR count). The van der Waals surface area contributed by atoms with Crippen LogP contribution >= 0.6 is 11.3 Å². The van der Waals surface area contributed by atoms with Crippen LogP contribution < -0.4 is 10.6 Å². The summed E-state index contributed by atoms with van der Waals surface area (Å²) < 4.78 is 0. The van der Waals surface area contributed by atoms with Gasteiger partial charge in [-0.25, -0.2) is 4.98 Å². The lowest BCUT2D eigenvalue weighted by Gasteiger charge is -2.39. The zero-order valence-corrected chi connectivity index (χ0v) is 20.0. The molecule has 1 spiro atoms. The van der Waals surface area contributed by atoms with E-state index in [4.69, 9.17) is 4.98 Å². The van der Waals surface area contributed by atoms with E-state index in [1.54, 1.807) is 11.3 Å². The molecule has 1 aromatic carbocycles. The van der Waals surface area contributed by atoms with Gasteiger partial charge in [-0.15, -0.1) is 0 Å². The van der Waals surface area contributed by atoms with Crippen LogP contribution in [-0.4, -0.2) is 45.6 Å². The molecular formula is C26H34N4O2S. The molecule has 2 aromatic rings. The minimum atomic E-state index is -0.172. The highest BCUT2D eigenvalue weighted by Gasteiger charge is 2.51. The normalized spacial score (nSPS) is 28.2. The predicted molar refractivity (Wildman–Crippen MR) is 132 cm³/mol. The monoisotopic (exact) mass is 466 g/mol. The summed E-state index contributed by atoms with van der Waals surface area (Å²) in [5.74, 6) is 0.252. The fourth-order valence-corrected chi connectivity index (χ4v) is 7.49. The summed E-state index contributed by atoms with van der Waals surface area (Å²) in [6.07, 6.45) is 10.7. The maximum absolute atomic E-state index is 14.0. The molecule has 0 bridgehead atoms. The third-order valence-electron chi connectivity index (χ3n) is 8.29. The first-order valence-corrected chi connectivity index (χ1v) is 13.5. The van der Waals surface area contributed by atoms with Crippen LogP contribution in [0.5, 0.6) is 0 Å². The number of amides is 1. The van der Waals surface area contributed by atoms with Gasteiger partial charge in [0.25, 0.3) is 0 Å². The van der Waals surface area contributed by atoms with Crippen LogP contribution in [0, 0.1) is 0 Å². The minimum absolute atomic E-state index is 0.0835. The molecule has 1 unspecified atom stereocenters. The second-order valence-corrected chi connectivity index (χ2v) is 11.5. The number of aliphatic hydroxyl groups excluding tert-OH is 1. The average Bonchev–Trinajstić information content (AvgIpc) is 3.33. The molecule has 2 aliphatic heterocycles. The van der Waals surface area contributed by atoms with Crippen LogP contribution in [0.3, 0.4) is 0 Å². The molecule has 0 saturated heterocycles. The quantitative estimate of drug-likeness (QED) is 0.623. The van der Waals surface area contributed by atoms with E-state index in [0.29, 0.717) is 12.6 Å². The molecule has 1 atom stereocenters. The van der Waals surface area contributed by atoms with Crippen molar-refractivity contribution in [2.75, 3.05) is 17.2 Å². The van der Waals surface area contributed by atoms with Gasteiger partial charge >= 0.3 is 0 Å². The number of fused-ring (bicyclic) bond motifs is 3. The maximum atomic E-state index is 14.0. The number of hydrogen-bond acceptors (Lipinski definition) is 6. The lowest BCUT2D eigenvalue weighted by Crippen LogP contribution is -2.52. The van der Waals surface area contributed by atoms with Crippen molar-refractivity contribution in [3.63, 3.8) is 0 Å². The number of aromatic nitrogens is 1. The zero-order chi connectivity index (χ0) is 22.4. The second kappa shape index (κ2) is 8.58. The first kappa shape index (κ1) is 21.4. The largest absolute Gasteiger partial charge is 0.393 e. The smallest absolute Gasteiger partial charge is 0.246 e. The first-order chi connectivity index (χ1) is 16.1. The number of rotatable bonds is 3. The van der Waals surface area contributed by atoms with Gasteiger partial charge in [0.2, 0.25) is 5.91 Å². The van der Waals surface area contributed by atoms with E-state index in [2.05, 4.69) is 39.8 Å². The van der Waals surface area contributed by atoms with Gasteiger partial charge in [-0.3, -0.25) is 4.79 Å². The number of para-hydroxylation sites is 1. The van der Waals surface area contributed by atoms with E-state index in [1.165, 1.54) is 42.5 Å². The van der Waals surface area contributed by atoms with Gasteiger partial charge in [-0.05, 0) is 37.3 Å². The molecular weight excluding hydrogens is 432 g/mol. The number of thiazole rings is 1. The summed E-state index contributed by atoms with van der Waals surface area (Å²) in [7, 11) is 0. The van der Waals surface area contributed by atoms with Crippen LogP contribution in [0.1, 0.15) is 73.9 Å². The number of nitrogens with one attached hydrogen (secondary N) is 2. The Balaban J connectivity index is 1.22. The van der Waals surface area contributed by atoms with Gasteiger partial charge in [0, 0.05) is 35.0 Å². The van der Waals surface area contributed by atoms with Crippen molar-refractivity contribution in [3.05, 3.63) is 40.4 Å². The molecule has 4 aliphatic rings. The van der Waals surface area contributed by atoms with Crippen molar-refractivity contribution in [2.45, 2.75) is 94.4 Å². The molecule has 1 amide bonds. The van der Waals surface area contributed by atoms with E-state index in [-0.39, 0.29) is 23.5 Å². The molecule has 1 aromatic heterocycles. The Morgan fingerprint density at radius 2 is 1.91 bits per heavy atom. The second-order valence-electron chi connectivity index (χ2n) is 10.4. The summed E-state index contributed by atoms with van der Waals surface area (Å²) in [4.78, 5) is 22.1. The standard InChI is InChI=1S/C26H34N4O2S/c31-18-14-17(15-18)27-25-29-21-10-13-30(16-22(21)33-25)24(32)23-26(11-6-2-1-3-7-12-26)19-8-4-5-9-20(19)28-23/h4-5,8-9,17-18,23,28,31H,1-3,6-7,10-16H2,(H,27,29)/t17-,18+,23?. The number of anilines is 2. The van der Waals surface area contributed by atoms with E-state index in [0.717, 1.165) is 55.2 Å². The number of nitrogens with zero attached hydrogens (tertiary/aromatic N) is 2. The molecule has 6 nitrogen and oxygen atoms in total. The van der Waals surface area contributed by atoms with E-state index >= 15 is 0 Å². The highest BCUT2D eigenvalue weighted by molar-refractivity contribution is 7.15. The van der Waals surface area contributed by atoms with Gasteiger partial charge < -0.3 is 20.6 Å². The summed E-state index contributed by atoms with van der Waals surface area (Å²) in [6, 6.07) is 8.77. The maximum Gasteiger partial charge on any atom is 0.246 e. The molecule has 7 heteroatoms. The van der Waals surface area contributed by atoms with Gasteiger partial charge in [-0.1, -0.05) is 61.6 Å². The summed E-state index contributed by atoms with van der Waals surface area (Å²) in [6.45, 7) is 1.40. The lowest BCUT2D eigenvalue weighted by atomic mass is 9.68. The highest BCUT2D eigenvalue weighted by Crippen LogP contribution is 2.49. The van der Waals surface area contributed by atoms with Gasteiger partial charge in [-0.2, -0.15) is 0 Å². The van der Waals surface area contributed by atoms with E-state index in [9.17, 15) is 9.90 Å². The number of benzene rings is 1. The van der Waals surface area contributed by atoms with E-state index in [1.807, 2.05) is 0 Å². The number of carbonyl (C=O) groups is 1. The Morgan fingerprint density at radius 3 is 2.70 bits per heavy atom. The fourth-order valence-electron chi connectivity index (χ4n) is 6.39. The van der Waals surface area contributed by atoms with Gasteiger partial charge in [0.05, 0.1) is 18.3 Å². The van der Waals surface area contributed by atoms with Crippen molar-refractivity contribution < 1.29 is 9.90 Å². The van der Waals surface area contributed by atoms with Crippen LogP contribution in [-0.2, 0) is 23.2 Å². The van der Waals surface area contributed by atoms with Gasteiger partial charge in [0.15, 0.2) is 5.13 Å². The van der Waals surface area contributed by atoms with Crippen molar-refractivity contribution in [1.82, 2.24) is 9.88 Å². The zero-order valence-electron chi connectivity index (χ0n) is 19.2. The van der Waals surface area contributed by atoms with Crippen molar-refractivity contribution >= 4 is 28.1 Å². The third kappa shape index (κ3) is 3.83. The summed E-state index contributed by atoms with van der Waals surface area (Å²) in [5, 5.41) is 17.6. The molecule has 2 aliphatic carbocycles. The number of hydrogen-bond donors (Lipinski definition) is 3. The molecule has 176 valence electrons. The minimum Gasteiger partial charge on any atom is -0.393 e. The van der Waals surface area contributed by atoms with Crippen LogP contribution in [0.15, 0.2) is 24.3 Å². The Labute approximate surface area is 199 Å². The predicted octanol–water partition coefficient (Wildman–Crippen LogP) is 4.44. The molecule has 0 radical (unpaired) electrons. The summed E-state index contributed by atoms with van der Waals surface area (Å²) in [5.41, 5.74) is 3.56. The SMILES string of the molecule is O=C(C1Nc2ccccc2C12CCCCCCC2)N1CCc2nc(N[C@H]3C[C@@H](O)C3)sc2C1. The molecule has 2 fully saturated rings. The van der Waals surface area contributed by atoms with Crippen LogP contribution in [0.2, 0.25) is 0 Å². The fraction of sp³-hybridized carbons (Fsp3) is 0.615. The Bertz CT molecular complexity index is 1020. The summed E-state index contributed by atoms with van der Waals surface area (Å²) >= 11 is 1.68. The van der Waals surface area contributed by atoms with Crippen molar-refractivity contribution in [3.8, 4) is 0 Å². The average molecular weight is 467 g/mol. The Hall–Kier alpha value is -2.12. The molecule has 3 N–H and O–H groups in total. The van der Waals surface area contributed by atoms with Gasteiger partial charge in [0.1, 0.15) is 6.04 Å². The van der Waals surface area contributed by atoms with Crippen LogP contribution in [0.4, 0.5) is 10.8 Å². The van der Waals surface area contributed by atoms with Crippen molar-refractivity contribution in [2.24, 2.45) is 0 Å². The molecule has 3 heterocycles. The third-order valence-corrected chi connectivity index (χ3v) is 9.31. The van der Waals surface area contributed by atoms with Crippen LogP contribution in [0.25, 0.3) is 0 Å². The van der Waals surface area contributed by atoms with E-state index < -0.39 is 0 Å². The number of carbonyl (C=O) groups excluding carboxylic acids is 1. The Kier molecular flexibility index (Phi) is 5.57. The lowest BCUT2D eigenvalue weighted by molar-refractivity contribution is -0.134. The van der Waals surface area contributed by atoms with Crippen molar-refractivity contribution in [1.29, 1.82) is 0 Å². The highest BCUT2D eigenvalue weighted by atomic mass is 32.1. The number of aliphatic hydroxyl groups is 1. The molecule has 33 heavy (non-hydrogen) atoms. The topological polar surface area (TPSA) is 77.5 Å². The Morgan fingerprint density at radius 1 is 1.15 bits per heavy atom.